The second-order valence-electron chi connectivity index (χ2n) is 10.9. The summed E-state index contributed by atoms with van der Waals surface area (Å²) in [7, 11) is 0. The zero-order valence-electron chi connectivity index (χ0n) is 23.3. The summed E-state index contributed by atoms with van der Waals surface area (Å²) in [5, 5.41) is 15.9. The molecule has 2 aliphatic rings. The molecular formula is C31H38N2O6. The van der Waals surface area contributed by atoms with E-state index in [1.54, 1.807) is 19.1 Å². The van der Waals surface area contributed by atoms with Crippen molar-refractivity contribution >= 4 is 23.3 Å². The molecule has 0 saturated heterocycles. The standard InChI is InChI=1S/C31H38N2O6/c1-5-15-31(4)26-18-21(11-13-24(26)25-14-12-23(33(36)37)19-27(25)31)29(32-39-28(34)7-3)20-9-8-10-22(17-20)30(35)38-16-6-2/h11-14,18-20,22H,5-10,15-17H2,1-4H3. The van der Waals surface area contributed by atoms with Gasteiger partial charge in [-0.1, -0.05) is 57.8 Å². The molecule has 0 bridgehead atoms. The average molecular weight is 535 g/mol. The van der Waals surface area contributed by atoms with Gasteiger partial charge in [0, 0.05) is 29.9 Å². The Labute approximate surface area is 229 Å². The molecule has 3 atom stereocenters. The number of benzene rings is 2. The zero-order chi connectivity index (χ0) is 28.2. The number of oxime groups is 1. The molecule has 0 amide bonds. The minimum atomic E-state index is -0.418. The first-order chi connectivity index (χ1) is 18.7. The van der Waals surface area contributed by atoms with Crippen LogP contribution in [0.3, 0.4) is 0 Å². The molecule has 2 aromatic rings. The summed E-state index contributed by atoms with van der Waals surface area (Å²) in [6.45, 7) is 8.36. The van der Waals surface area contributed by atoms with Gasteiger partial charge in [-0.05, 0) is 72.1 Å². The highest BCUT2D eigenvalue weighted by Crippen LogP contribution is 2.52. The van der Waals surface area contributed by atoms with Crippen molar-refractivity contribution in [3.63, 3.8) is 0 Å². The fourth-order valence-corrected chi connectivity index (χ4v) is 6.15. The molecule has 3 unspecified atom stereocenters. The van der Waals surface area contributed by atoms with Crippen molar-refractivity contribution in [2.75, 3.05) is 6.61 Å². The van der Waals surface area contributed by atoms with Crippen LogP contribution in [-0.4, -0.2) is 29.2 Å². The van der Waals surface area contributed by atoms with E-state index >= 15 is 0 Å². The average Bonchev–Trinajstić information content (AvgIpc) is 3.19. The first-order valence-electron chi connectivity index (χ1n) is 14.1. The van der Waals surface area contributed by atoms with Gasteiger partial charge in [0.1, 0.15) is 0 Å². The topological polar surface area (TPSA) is 108 Å². The Hall–Kier alpha value is -3.55. The maximum Gasteiger partial charge on any atom is 0.334 e. The highest BCUT2D eigenvalue weighted by Gasteiger charge is 2.40. The van der Waals surface area contributed by atoms with E-state index in [-0.39, 0.29) is 34.8 Å². The first kappa shape index (κ1) is 28.5. The van der Waals surface area contributed by atoms with Gasteiger partial charge in [-0.3, -0.25) is 14.9 Å². The summed E-state index contributed by atoms with van der Waals surface area (Å²) in [5.41, 5.74) is 5.27. The smallest absolute Gasteiger partial charge is 0.334 e. The van der Waals surface area contributed by atoms with E-state index in [0.717, 1.165) is 66.3 Å². The van der Waals surface area contributed by atoms with Gasteiger partial charge in [0.15, 0.2) is 0 Å². The molecular weight excluding hydrogens is 496 g/mol. The van der Waals surface area contributed by atoms with E-state index < -0.39 is 11.4 Å². The predicted octanol–water partition coefficient (Wildman–Crippen LogP) is 7.10. The van der Waals surface area contributed by atoms with Crippen LogP contribution < -0.4 is 0 Å². The van der Waals surface area contributed by atoms with Crippen molar-refractivity contribution in [2.45, 2.75) is 84.5 Å². The fraction of sp³-hybridized carbons (Fsp3) is 0.516. The third-order valence-corrected chi connectivity index (χ3v) is 8.14. The van der Waals surface area contributed by atoms with Crippen LogP contribution in [0.1, 0.15) is 95.8 Å². The SMILES string of the molecule is CCCOC(=O)C1CCCC(C(=NOC(=O)CC)c2ccc3c(c2)C(C)(CCC)c2cc([N+](=O)[O-])ccc2-3)C1. The number of hydrogen-bond acceptors (Lipinski definition) is 7. The Bertz CT molecular complexity index is 1290. The fourth-order valence-electron chi connectivity index (χ4n) is 6.15. The van der Waals surface area contributed by atoms with E-state index in [9.17, 15) is 19.7 Å². The van der Waals surface area contributed by atoms with Crippen LogP contribution in [0.2, 0.25) is 0 Å². The molecule has 0 N–H and O–H groups in total. The van der Waals surface area contributed by atoms with Crippen LogP contribution >= 0.6 is 0 Å². The maximum atomic E-state index is 12.7. The molecule has 2 aliphatic carbocycles. The molecule has 8 heteroatoms. The Morgan fingerprint density at radius 1 is 1.03 bits per heavy atom. The lowest BCUT2D eigenvalue weighted by atomic mass is 9.74. The molecule has 208 valence electrons. The number of fused-ring (bicyclic) bond motifs is 3. The highest BCUT2D eigenvalue weighted by molar-refractivity contribution is 6.03. The Morgan fingerprint density at radius 2 is 1.72 bits per heavy atom. The molecule has 0 aliphatic heterocycles. The monoisotopic (exact) mass is 534 g/mol. The van der Waals surface area contributed by atoms with E-state index in [1.807, 2.05) is 25.1 Å². The van der Waals surface area contributed by atoms with Gasteiger partial charge in [-0.2, -0.15) is 0 Å². The highest BCUT2D eigenvalue weighted by atomic mass is 16.7. The summed E-state index contributed by atoms with van der Waals surface area (Å²) in [5.74, 6) is -0.873. The third-order valence-electron chi connectivity index (χ3n) is 8.14. The minimum Gasteiger partial charge on any atom is -0.465 e. The Balaban J connectivity index is 1.75. The summed E-state index contributed by atoms with van der Waals surface area (Å²) in [6.07, 6.45) is 5.75. The van der Waals surface area contributed by atoms with Crippen molar-refractivity contribution in [2.24, 2.45) is 17.0 Å². The lowest BCUT2D eigenvalue weighted by molar-refractivity contribution is -0.384. The van der Waals surface area contributed by atoms with Gasteiger partial charge in [0.25, 0.3) is 5.69 Å². The molecule has 2 aromatic carbocycles. The summed E-state index contributed by atoms with van der Waals surface area (Å²) < 4.78 is 5.44. The van der Waals surface area contributed by atoms with Crippen molar-refractivity contribution < 1.29 is 24.1 Å². The zero-order valence-corrected chi connectivity index (χ0v) is 23.3. The second kappa shape index (κ2) is 12.1. The maximum absolute atomic E-state index is 12.7. The van der Waals surface area contributed by atoms with Crippen molar-refractivity contribution in [3.8, 4) is 11.1 Å². The van der Waals surface area contributed by atoms with Crippen molar-refractivity contribution in [3.05, 3.63) is 63.2 Å². The van der Waals surface area contributed by atoms with Crippen molar-refractivity contribution in [1.29, 1.82) is 0 Å². The molecule has 0 radical (unpaired) electrons. The van der Waals surface area contributed by atoms with E-state index in [2.05, 4.69) is 25.1 Å². The van der Waals surface area contributed by atoms with E-state index in [0.29, 0.717) is 18.7 Å². The van der Waals surface area contributed by atoms with Gasteiger partial charge in [-0.15, -0.1) is 0 Å². The predicted molar refractivity (Wildman–Crippen MR) is 150 cm³/mol. The lowest BCUT2D eigenvalue weighted by Crippen LogP contribution is -2.30. The number of nitro benzene ring substituents is 1. The number of non-ortho nitro benzene ring substituents is 1. The molecule has 8 nitrogen and oxygen atoms in total. The molecule has 0 aromatic heterocycles. The quantitative estimate of drug-likeness (QED) is 0.106. The van der Waals surface area contributed by atoms with E-state index in [4.69, 9.17) is 9.57 Å². The summed E-state index contributed by atoms with van der Waals surface area (Å²) in [6, 6.07) is 11.2. The molecule has 39 heavy (non-hydrogen) atoms. The normalized spacial score (nSPS) is 22.1. The van der Waals surface area contributed by atoms with E-state index in [1.165, 1.54) is 0 Å². The Morgan fingerprint density at radius 3 is 2.38 bits per heavy atom. The van der Waals surface area contributed by atoms with Gasteiger partial charge in [0.05, 0.1) is 23.2 Å². The minimum absolute atomic E-state index is 0.0667. The lowest BCUT2D eigenvalue weighted by Gasteiger charge is -2.30. The Kier molecular flexibility index (Phi) is 8.83. The molecule has 0 spiro atoms. The number of carbonyl (C=O) groups is 2. The van der Waals surface area contributed by atoms with Crippen LogP contribution in [0, 0.1) is 22.0 Å². The van der Waals surface area contributed by atoms with Gasteiger partial charge >= 0.3 is 11.9 Å². The van der Waals surface area contributed by atoms with Gasteiger partial charge < -0.3 is 9.57 Å². The van der Waals surface area contributed by atoms with Crippen LogP contribution in [0.25, 0.3) is 11.1 Å². The van der Waals surface area contributed by atoms with Crippen molar-refractivity contribution in [1.82, 2.24) is 0 Å². The van der Waals surface area contributed by atoms with Gasteiger partial charge in [-0.25, -0.2) is 4.79 Å². The van der Waals surface area contributed by atoms with Crippen LogP contribution in [0.5, 0.6) is 0 Å². The number of nitrogens with zero attached hydrogens (tertiary/aromatic N) is 2. The molecule has 4 rings (SSSR count). The van der Waals surface area contributed by atoms with Crippen LogP contribution in [0.15, 0.2) is 41.6 Å². The van der Waals surface area contributed by atoms with Crippen LogP contribution in [-0.2, 0) is 24.6 Å². The third kappa shape index (κ3) is 5.75. The number of carbonyl (C=O) groups excluding carboxylic acids is 2. The second-order valence-corrected chi connectivity index (χ2v) is 10.9. The molecule has 1 fully saturated rings. The largest absolute Gasteiger partial charge is 0.465 e. The molecule has 1 saturated carbocycles. The summed E-state index contributed by atoms with van der Waals surface area (Å²) >= 11 is 0. The number of rotatable bonds is 10. The van der Waals surface area contributed by atoms with Gasteiger partial charge in [0.2, 0.25) is 0 Å². The number of nitro groups is 1. The number of hydrogen-bond donors (Lipinski definition) is 0. The first-order valence-corrected chi connectivity index (χ1v) is 14.1. The number of esters is 1. The number of ether oxygens (including phenoxy) is 1. The molecule has 0 heterocycles. The summed E-state index contributed by atoms with van der Waals surface area (Å²) in [4.78, 5) is 41.3. The van der Waals surface area contributed by atoms with Crippen LogP contribution in [0.4, 0.5) is 5.69 Å².